The van der Waals surface area contributed by atoms with Gasteiger partial charge in [0.2, 0.25) is 0 Å². The largest absolute Gasteiger partial charge is 0.469 e. The van der Waals surface area contributed by atoms with Gasteiger partial charge in [0.25, 0.3) is 0 Å². The van der Waals surface area contributed by atoms with Crippen LogP contribution in [0, 0.1) is 5.92 Å². The van der Waals surface area contributed by atoms with Gasteiger partial charge in [-0.3, -0.25) is 9.69 Å². The minimum atomic E-state index is -0.0528. The molecule has 0 aromatic heterocycles. The number of carbonyl (C=O) groups excluding carboxylic acids is 1. The average molecular weight is 241 g/mol. The van der Waals surface area contributed by atoms with Gasteiger partial charge in [0.1, 0.15) is 0 Å². The van der Waals surface area contributed by atoms with Crippen molar-refractivity contribution >= 4 is 5.97 Å². The fourth-order valence-corrected chi connectivity index (χ4v) is 2.75. The smallest absolute Gasteiger partial charge is 0.308 e. The number of esters is 1. The first-order valence-electron chi connectivity index (χ1n) is 6.71. The molecule has 0 aromatic rings. The van der Waals surface area contributed by atoms with Crippen LogP contribution < -0.4 is 0 Å². The zero-order chi connectivity index (χ0) is 12.1. The summed E-state index contributed by atoms with van der Waals surface area (Å²) in [6, 6.07) is 0. The molecule has 0 spiro atoms. The van der Waals surface area contributed by atoms with E-state index in [0.717, 1.165) is 32.4 Å². The van der Waals surface area contributed by atoms with Crippen LogP contribution in [0.4, 0.5) is 0 Å². The highest BCUT2D eigenvalue weighted by molar-refractivity contribution is 5.72. The molecule has 4 heteroatoms. The molecule has 4 nitrogen and oxygen atoms in total. The van der Waals surface area contributed by atoms with Gasteiger partial charge in [-0.1, -0.05) is 0 Å². The van der Waals surface area contributed by atoms with Crippen LogP contribution in [0.1, 0.15) is 38.5 Å². The van der Waals surface area contributed by atoms with Gasteiger partial charge in [0, 0.05) is 13.1 Å². The van der Waals surface area contributed by atoms with Crippen molar-refractivity contribution in [2.24, 2.45) is 5.92 Å². The second kappa shape index (κ2) is 6.36. The van der Waals surface area contributed by atoms with Gasteiger partial charge in [-0.05, 0) is 38.5 Å². The predicted octanol–water partition coefficient (Wildman–Crippen LogP) is 1.79. The molecule has 1 aliphatic carbocycles. The van der Waals surface area contributed by atoms with Crippen LogP contribution in [0.5, 0.6) is 0 Å². The highest BCUT2D eigenvalue weighted by Crippen LogP contribution is 2.27. The van der Waals surface area contributed by atoms with Crippen molar-refractivity contribution in [3.8, 4) is 0 Å². The van der Waals surface area contributed by atoms with Gasteiger partial charge >= 0.3 is 5.97 Å². The Hall–Kier alpha value is -0.610. The molecule has 0 aromatic carbocycles. The Bertz CT molecular complexity index is 243. The van der Waals surface area contributed by atoms with Crippen LogP contribution in [0.25, 0.3) is 0 Å². The summed E-state index contributed by atoms with van der Waals surface area (Å²) in [6.45, 7) is 3.13. The number of nitrogens with zero attached hydrogens (tertiary/aromatic N) is 1. The van der Waals surface area contributed by atoms with Gasteiger partial charge in [0.15, 0.2) is 0 Å². The molecule has 1 heterocycles. The molecule has 0 atom stereocenters. The summed E-state index contributed by atoms with van der Waals surface area (Å²) in [4.78, 5) is 13.7. The van der Waals surface area contributed by atoms with E-state index >= 15 is 0 Å². The molecule has 1 saturated carbocycles. The third kappa shape index (κ3) is 3.68. The van der Waals surface area contributed by atoms with Crippen LogP contribution >= 0.6 is 0 Å². The number of likely N-dealkylation sites (tertiary alicyclic amines) is 1. The first-order valence-corrected chi connectivity index (χ1v) is 6.71. The fraction of sp³-hybridized carbons (Fsp3) is 0.923. The lowest BCUT2D eigenvalue weighted by molar-refractivity contribution is -0.147. The molecule has 0 bridgehead atoms. The maximum atomic E-state index is 11.4. The van der Waals surface area contributed by atoms with E-state index in [4.69, 9.17) is 9.47 Å². The zero-order valence-electron chi connectivity index (χ0n) is 10.7. The van der Waals surface area contributed by atoms with Crippen LogP contribution in [0.2, 0.25) is 0 Å². The average Bonchev–Trinajstić information content (AvgIpc) is 2.89. The summed E-state index contributed by atoms with van der Waals surface area (Å²) in [5.41, 5.74) is 0. The monoisotopic (exact) mass is 241 g/mol. The molecule has 17 heavy (non-hydrogen) atoms. The first kappa shape index (κ1) is 12.8. The van der Waals surface area contributed by atoms with Gasteiger partial charge in [-0.25, -0.2) is 0 Å². The molecule has 2 fully saturated rings. The Labute approximate surface area is 103 Å². The fourth-order valence-electron chi connectivity index (χ4n) is 2.75. The van der Waals surface area contributed by atoms with Gasteiger partial charge < -0.3 is 9.47 Å². The third-order valence-corrected chi connectivity index (χ3v) is 3.90. The van der Waals surface area contributed by atoms with Crippen molar-refractivity contribution in [1.29, 1.82) is 0 Å². The topological polar surface area (TPSA) is 38.8 Å². The molecule has 2 aliphatic rings. The molecule has 0 amide bonds. The highest BCUT2D eigenvalue weighted by atomic mass is 16.5. The minimum absolute atomic E-state index is 0.0528. The zero-order valence-corrected chi connectivity index (χ0v) is 10.7. The molecule has 2 rings (SSSR count). The van der Waals surface area contributed by atoms with E-state index in [-0.39, 0.29) is 11.9 Å². The summed E-state index contributed by atoms with van der Waals surface area (Å²) >= 11 is 0. The Morgan fingerprint density at radius 2 is 1.82 bits per heavy atom. The van der Waals surface area contributed by atoms with Crippen LogP contribution in [0.15, 0.2) is 0 Å². The molecular weight excluding hydrogens is 218 g/mol. The summed E-state index contributed by atoms with van der Waals surface area (Å²) in [6.07, 6.45) is 6.77. The van der Waals surface area contributed by atoms with E-state index < -0.39 is 0 Å². The Kier molecular flexibility index (Phi) is 4.80. The van der Waals surface area contributed by atoms with Crippen molar-refractivity contribution in [1.82, 2.24) is 4.90 Å². The quantitative estimate of drug-likeness (QED) is 0.703. The molecule has 0 radical (unpaired) electrons. The Morgan fingerprint density at radius 3 is 2.41 bits per heavy atom. The number of carbonyl (C=O) groups is 1. The standard InChI is InChI=1S/C13H23NO3/c1-16-13(15)11-4-6-12(7-5-11)17-10-14-8-2-3-9-14/h11-12H,2-10H2,1H3/t11-,12-. The van der Waals surface area contributed by atoms with E-state index in [1.165, 1.54) is 33.0 Å². The van der Waals surface area contributed by atoms with E-state index in [9.17, 15) is 4.79 Å². The number of ether oxygens (including phenoxy) is 2. The SMILES string of the molecule is COC(=O)[C@H]1CC[C@H](OCN2CCCC2)CC1. The second-order valence-corrected chi connectivity index (χ2v) is 5.12. The van der Waals surface area contributed by atoms with Crippen molar-refractivity contribution in [2.45, 2.75) is 44.6 Å². The second-order valence-electron chi connectivity index (χ2n) is 5.12. The number of rotatable bonds is 4. The van der Waals surface area contributed by atoms with E-state index in [1.807, 2.05) is 0 Å². The van der Waals surface area contributed by atoms with Crippen molar-refractivity contribution < 1.29 is 14.3 Å². The highest BCUT2D eigenvalue weighted by Gasteiger charge is 2.27. The predicted molar refractivity (Wildman–Crippen MR) is 64.5 cm³/mol. The Morgan fingerprint density at radius 1 is 1.18 bits per heavy atom. The normalized spacial score (nSPS) is 30.4. The molecule has 98 valence electrons. The molecule has 0 unspecified atom stereocenters. The van der Waals surface area contributed by atoms with E-state index in [0.29, 0.717) is 6.10 Å². The van der Waals surface area contributed by atoms with Crippen molar-refractivity contribution in [3.63, 3.8) is 0 Å². The van der Waals surface area contributed by atoms with Crippen LogP contribution in [-0.2, 0) is 14.3 Å². The number of methoxy groups -OCH3 is 1. The lowest BCUT2D eigenvalue weighted by atomic mass is 9.87. The molecule has 1 aliphatic heterocycles. The van der Waals surface area contributed by atoms with Gasteiger partial charge in [0.05, 0.1) is 25.9 Å². The lowest BCUT2D eigenvalue weighted by Crippen LogP contribution is -2.31. The molecule has 0 N–H and O–H groups in total. The van der Waals surface area contributed by atoms with Gasteiger partial charge in [-0.15, -0.1) is 0 Å². The summed E-state index contributed by atoms with van der Waals surface area (Å²) < 4.78 is 10.7. The first-order chi connectivity index (χ1) is 8.29. The summed E-state index contributed by atoms with van der Waals surface area (Å²) in [7, 11) is 1.47. The van der Waals surface area contributed by atoms with E-state index in [1.54, 1.807) is 0 Å². The number of hydrogen-bond acceptors (Lipinski definition) is 4. The maximum Gasteiger partial charge on any atom is 0.308 e. The third-order valence-electron chi connectivity index (χ3n) is 3.90. The van der Waals surface area contributed by atoms with Crippen molar-refractivity contribution in [2.75, 3.05) is 26.9 Å². The summed E-state index contributed by atoms with van der Waals surface area (Å²) in [5, 5.41) is 0. The molecule has 1 saturated heterocycles. The van der Waals surface area contributed by atoms with Crippen LogP contribution in [-0.4, -0.2) is 43.9 Å². The van der Waals surface area contributed by atoms with E-state index in [2.05, 4.69) is 4.90 Å². The van der Waals surface area contributed by atoms with Gasteiger partial charge in [-0.2, -0.15) is 0 Å². The van der Waals surface area contributed by atoms with Crippen molar-refractivity contribution in [3.05, 3.63) is 0 Å². The van der Waals surface area contributed by atoms with Crippen LogP contribution in [0.3, 0.4) is 0 Å². The summed E-state index contributed by atoms with van der Waals surface area (Å²) in [5.74, 6) is 0.0506. The molecular formula is C13H23NO3. The number of hydrogen-bond donors (Lipinski definition) is 0. The Balaban J connectivity index is 1.63. The maximum absolute atomic E-state index is 11.4. The minimum Gasteiger partial charge on any atom is -0.469 e. The lowest BCUT2D eigenvalue weighted by Gasteiger charge is -2.28.